The van der Waals surface area contributed by atoms with Crippen LogP contribution < -0.4 is 4.90 Å². The number of halogens is 2. The number of anilines is 1. The van der Waals surface area contributed by atoms with E-state index in [1.807, 2.05) is 31.2 Å². The Morgan fingerprint density at radius 2 is 1.90 bits per heavy atom. The van der Waals surface area contributed by atoms with Crippen molar-refractivity contribution in [3.63, 3.8) is 0 Å². The molecular weight excluding hydrogens is 277 g/mol. The van der Waals surface area contributed by atoms with Gasteiger partial charge in [-0.25, -0.2) is 4.39 Å². The maximum Gasteiger partial charge on any atom is 0.146 e. The Balaban J connectivity index is 2.41. The molecule has 2 aromatic rings. The smallest absolute Gasteiger partial charge is 0.146 e. The third-order valence-corrected chi connectivity index (χ3v) is 3.87. The Hall–Kier alpha value is -1.58. The van der Waals surface area contributed by atoms with Crippen molar-refractivity contribution >= 4 is 17.3 Å². The fraction of sp³-hybridized carbons (Fsp3) is 0.250. The molecule has 2 aromatic carbocycles. The van der Waals surface area contributed by atoms with Crippen LogP contribution in [0.5, 0.6) is 0 Å². The van der Waals surface area contributed by atoms with Crippen LogP contribution in [0.15, 0.2) is 42.5 Å². The molecule has 2 nitrogen and oxygen atoms in total. The Labute approximate surface area is 123 Å². The molecule has 0 saturated heterocycles. The maximum absolute atomic E-state index is 14.1. The lowest BCUT2D eigenvalue weighted by Crippen LogP contribution is -2.24. The highest BCUT2D eigenvalue weighted by molar-refractivity contribution is 6.31. The van der Waals surface area contributed by atoms with Crippen LogP contribution in [0.3, 0.4) is 0 Å². The summed E-state index contributed by atoms with van der Waals surface area (Å²) in [6.07, 6.45) is 0. The first-order valence-electron chi connectivity index (χ1n) is 6.41. The van der Waals surface area contributed by atoms with Crippen molar-refractivity contribution in [3.05, 3.63) is 64.4 Å². The zero-order valence-electron chi connectivity index (χ0n) is 11.5. The van der Waals surface area contributed by atoms with Crippen molar-refractivity contribution in [2.45, 2.75) is 19.6 Å². The second-order valence-corrected chi connectivity index (χ2v) is 5.12. The lowest BCUT2D eigenvalue weighted by Gasteiger charge is -2.30. The van der Waals surface area contributed by atoms with Gasteiger partial charge in [0, 0.05) is 17.6 Å². The van der Waals surface area contributed by atoms with Gasteiger partial charge in [0.1, 0.15) is 5.82 Å². The van der Waals surface area contributed by atoms with Gasteiger partial charge in [0.15, 0.2) is 0 Å². The number of hydrogen-bond acceptors (Lipinski definition) is 2. The summed E-state index contributed by atoms with van der Waals surface area (Å²) in [4.78, 5) is 1.79. The summed E-state index contributed by atoms with van der Waals surface area (Å²) in [7, 11) is 1.80. The number of aliphatic hydroxyl groups excluding tert-OH is 1. The molecule has 0 radical (unpaired) electrons. The number of rotatable bonds is 4. The molecule has 0 spiro atoms. The molecule has 1 atom stereocenters. The number of benzene rings is 2. The van der Waals surface area contributed by atoms with Gasteiger partial charge in [0.05, 0.1) is 18.3 Å². The first-order valence-corrected chi connectivity index (χ1v) is 6.79. The average Bonchev–Trinajstić information content (AvgIpc) is 2.46. The molecule has 0 aliphatic heterocycles. The van der Waals surface area contributed by atoms with Gasteiger partial charge in [0.2, 0.25) is 0 Å². The summed E-state index contributed by atoms with van der Waals surface area (Å²) in [6, 6.07) is 12.1. The number of aliphatic hydroxyl groups is 1. The highest BCUT2D eigenvalue weighted by Gasteiger charge is 2.20. The largest absolute Gasteiger partial charge is 0.392 e. The van der Waals surface area contributed by atoms with Crippen molar-refractivity contribution in [1.82, 2.24) is 0 Å². The number of para-hydroxylation sites is 1. The molecule has 0 heterocycles. The van der Waals surface area contributed by atoms with E-state index in [-0.39, 0.29) is 18.5 Å². The highest BCUT2D eigenvalue weighted by atomic mass is 35.5. The van der Waals surface area contributed by atoms with Crippen LogP contribution in [-0.2, 0) is 6.61 Å². The minimum absolute atomic E-state index is 0.106. The van der Waals surface area contributed by atoms with Gasteiger partial charge < -0.3 is 10.0 Å². The lowest BCUT2D eigenvalue weighted by molar-refractivity contribution is 0.281. The quantitative estimate of drug-likeness (QED) is 0.914. The van der Waals surface area contributed by atoms with Crippen molar-refractivity contribution in [1.29, 1.82) is 0 Å². The van der Waals surface area contributed by atoms with Gasteiger partial charge in [-0.3, -0.25) is 0 Å². The fourth-order valence-electron chi connectivity index (χ4n) is 2.30. The van der Waals surface area contributed by atoms with E-state index < -0.39 is 0 Å². The normalized spacial score (nSPS) is 12.2. The summed E-state index contributed by atoms with van der Waals surface area (Å²) in [6.45, 7) is 1.75. The summed E-state index contributed by atoms with van der Waals surface area (Å²) >= 11 is 6.19. The van der Waals surface area contributed by atoms with Crippen LogP contribution >= 0.6 is 11.6 Å². The number of hydrogen-bond donors (Lipinski definition) is 1. The molecule has 106 valence electrons. The van der Waals surface area contributed by atoms with Crippen molar-refractivity contribution in [3.8, 4) is 0 Å². The van der Waals surface area contributed by atoms with Crippen LogP contribution in [-0.4, -0.2) is 12.2 Å². The first-order chi connectivity index (χ1) is 9.56. The van der Waals surface area contributed by atoms with Gasteiger partial charge in [-0.2, -0.15) is 0 Å². The van der Waals surface area contributed by atoms with E-state index in [1.165, 1.54) is 6.07 Å². The third-order valence-electron chi connectivity index (χ3n) is 3.53. The summed E-state index contributed by atoms with van der Waals surface area (Å²) in [5, 5.41) is 10.0. The Kier molecular flexibility index (Phi) is 4.63. The van der Waals surface area contributed by atoms with Crippen LogP contribution in [0.2, 0.25) is 5.02 Å². The van der Waals surface area contributed by atoms with Gasteiger partial charge in [0.25, 0.3) is 0 Å². The van der Waals surface area contributed by atoms with Crippen molar-refractivity contribution in [2.24, 2.45) is 0 Å². The summed E-state index contributed by atoms with van der Waals surface area (Å²) in [5.74, 6) is -0.349. The molecule has 0 aromatic heterocycles. The fourth-order valence-corrected chi connectivity index (χ4v) is 2.59. The molecule has 4 heteroatoms. The monoisotopic (exact) mass is 293 g/mol. The predicted octanol–water partition coefficient (Wildman–Crippen LogP) is 4.17. The average molecular weight is 294 g/mol. The molecule has 0 fully saturated rings. The predicted molar refractivity (Wildman–Crippen MR) is 80.6 cm³/mol. The molecular formula is C16H17ClFNO. The van der Waals surface area contributed by atoms with Gasteiger partial charge >= 0.3 is 0 Å². The van der Waals surface area contributed by atoms with Crippen LogP contribution in [0, 0.1) is 5.82 Å². The Morgan fingerprint density at radius 1 is 1.20 bits per heavy atom. The van der Waals surface area contributed by atoms with Crippen LogP contribution in [0.25, 0.3) is 0 Å². The molecule has 20 heavy (non-hydrogen) atoms. The molecule has 0 aliphatic carbocycles. The number of nitrogens with zero attached hydrogens (tertiary/aromatic N) is 1. The first kappa shape index (κ1) is 14.8. The summed E-state index contributed by atoms with van der Waals surface area (Å²) < 4.78 is 14.1. The molecule has 0 bridgehead atoms. The van der Waals surface area contributed by atoms with E-state index >= 15 is 0 Å². The molecule has 2 rings (SSSR count). The van der Waals surface area contributed by atoms with E-state index in [2.05, 4.69) is 0 Å². The highest BCUT2D eigenvalue weighted by Crippen LogP contribution is 2.33. The molecule has 1 N–H and O–H groups in total. The van der Waals surface area contributed by atoms with E-state index in [1.54, 1.807) is 24.1 Å². The minimum Gasteiger partial charge on any atom is -0.392 e. The van der Waals surface area contributed by atoms with E-state index in [4.69, 9.17) is 11.6 Å². The van der Waals surface area contributed by atoms with Crippen molar-refractivity contribution in [2.75, 3.05) is 11.9 Å². The second-order valence-electron chi connectivity index (χ2n) is 4.71. The van der Waals surface area contributed by atoms with Gasteiger partial charge in [-0.15, -0.1) is 0 Å². The topological polar surface area (TPSA) is 23.5 Å². The SMILES string of the molecule is CC(c1ccccc1Cl)N(C)c1c(F)cccc1CO. The van der Waals surface area contributed by atoms with Crippen LogP contribution in [0.4, 0.5) is 10.1 Å². The van der Waals surface area contributed by atoms with Crippen molar-refractivity contribution < 1.29 is 9.50 Å². The van der Waals surface area contributed by atoms with Gasteiger partial charge in [-0.1, -0.05) is 41.9 Å². The molecule has 0 saturated carbocycles. The summed E-state index contributed by atoms with van der Waals surface area (Å²) in [5.41, 5.74) is 1.89. The molecule has 1 unspecified atom stereocenters. The zero-order valence-corrected chi connectivity index (χ0v) is 12.2. The van der Waals surface area contributed by atoms with E-state index in [9.17, 15) is 9.50 Å². The lowest BCUT2D eigenvalue weighted by atomic mass is 10.0. The third kappa shape index (κ3) is 2.79. The standard InChI is InChI=1S/C16H17ClFNO/c1-11(13-7-3-4-8-14(13)17)19(2)16-12(10-20)6-5-9-15(16)18/h3-9,11,20H,10H2,1-2H3. The van der Waals surface area contributed by atoms with E-state index in [0.29, 0.717) is 16.3 Å². The van der Waals surface area contributed by atoms with Gasteiger partial charge in [-0.05, 0) is 24.6 Å². The molecule has 0 amide bonds. The zero-order chi connectivity index (χ0) is 14.7. The minimum atomic E-state index is -0.349. The van der Waals surface area contributed by atoms with Crippen LogP contribution in [0.1, 0.15) is 24.1 Å². The maximum atomic E-state index is 14.1. The Morgan fingerprint density at radius 3 is 2.55 bits per heavy atom. The second kappa shape index (κ2) is 6.25. The molecule has 0 aliphatic rings. The Bertz CT molecular complexity index is 603. The van der Waals surface area contributed by atoms with E-state index in [0.717, 1.165) is 5.56 Å².